The molecule has 2 heterocycles. The van der Waals surface area contributed by atoms with Crippen molar-refractivity contribution < 1.29 is 13.5 Å². The van der Waals surface area contributed by atoms with Gasteiger partial charge in [0.1, 0.15) is 5.82 Å². The molecule has 1 aliphatic rings. The van der Waals surface area contributed by atoms with E-state index in [9.17, 15) is 4.21 Å². The molecule has 1 fully saturated rings. The Hall–Kier alpha value is -2.39. The molecule has 0 radical (unpaired) electrons. The number of hydrogen-bond acceptors (Lipinski definition) is 5. The van der Waals surface area contributed by atoms with Crippen molar-refractivity contribution in [1.29, 1.82) is 0 Å². The highest BCUT2D eigenvalue weighted by Gasteiger charge is 2.13. The van der Waals surface area contributed by atoms with Gasteiger partial charge in [-0.3, -0.25) is 9.54 Å². The third-order valence-corrected chi connectivity index (χ3v) is 4.92. The van der Waals surface area contributed by atoms with Crippen molar-refractivity contribution in [2.75, 3.05) is 31.2 Å². The molecule has 3 aromatic rings. The third kappa shape index (κ3) is 4.30. The lowest BCUT2D eigenvalue weighted by Gasteiger charge is -2.27. The van der Waals surface area contributed by atoms with Crippen molar-refractivity contribution in [1.82, 2.24) is 14.7 Å². The molecule has 4 rings (SSSR count). The number of rotatable bonds is 5. The zero-order chi connectivity index (χ0) is 18.6. The SMILES string of the molecule is O=S(O)NCc1cccc(-c2ccc3ncc(N4CCOCC4)nc3c2)c1. The Bertz CT molecular complexity index is 976. The molecule has 1 aromatic heterocycles. The minimum absolute atomic E-state index is 0.325. The van der Waals surface area contributed by atoms with Crippen LogP contribution in [0.1, 0.15) is 5.56 Å². The first-order chi connectivity index (χ1) is 13.2. The average molecular weight is 384 g/mol. The highest BCUT2D eigenvalue weighted by molar-refractivity contribution is 7.77. The molecule has 8 heteroatoms. The molecule has 0 amide bonds. The van der Waals surface area contributed by atoms with Gasteiger partial charge in [0.15, 0.2) is 0 Å². The van der Waals surface area contributed by atoms with Gasteiger partial charge in [-0.1, -0.05) is 24.3 Å². The fraction of sp³-hybridized carbons (Fsp3) is 0.263. The average Bonchev–Trinajstić information content (AvgIpc) is 2.72. The monoisotopic (exact) mass is 384 g/mol. The fourth-order valence-corrected chi connectivity index (χ4v) is 3.42. The van der Waals surface area contributed by atoms with E-state index in [1.54, 1.807) is 0 Å². The number of benzene rings is 2. The Labute approximate surface area is 159 Å². The number of morpholine rings is 1. The molecule has 140 valence electrons. The molecule has 2 aromatic carbocycles. The quantitative estimate of drug-likeness (QED) is 0.657. The molecule has 0 bridgehead atoms. The molecule has 7 nitrogen and oxygen atoms in total. The third-order valence-electron chi connectivity index (χ3n) is 4.52. The molecule has 0 spiro atoms. The molecule has 1 aliphatic heterocycles. The van der Waals surface area contributed by atoms with Gasteiger partial charge in [-0.05, 0) is 34.9 Å². The lowest BCUT2D eigenvalue weighted by atomic mass is 10.0. The number of hydrogen-bond donors (Lipinski definition) is 2. The molecule has 1 unspecified atom stereocenters. The van der Waals surface area contributed by atoms with Crippen LogP contribution in [0.25, 0.3) is 22.2 Å². The summed E-state index contributed by atoms with van der Waals surface area (Å²) in [7, 11) is 0. The topological polar surface area (TPSA) is 87.6 Å². The maximum Gasteiger partial charge on any atom is 0.232 e. The number of aromatic nitrogens is 2. The number of ether oxygens (including phenoxy) is 1. The number of fused-ring (bicyclic) bond motifs is 1. The van der Waals surface area contributed by atoms with Crippen molar-refractivity contribution in [2.24, 2.45) is 0 Å². The van der Waals surface area contributed by atoms with E-state index < -0.39 is 11.3 Å². The Kier molecular flexibility index (Phi) is 5.40. The van der Waals surface area contributed by atoms with Crippen LogP contribution in [-0.2, 0) is 22.5 Å². The summed E-state index contributed by atoms with van der Waals surface area (Å²) in [5, 5.41) is 0. The van der Waals surface area contributed by atoms with E-state index in [4.69, 9.17) is 14.3 Å². The van der Waals surface area contributed by atoms with Crippen molar-refractivity contribution in [3.63, 3.8) is 0 Å². The van der Waals surface area contributed by atoms with Crippen LogP contribution in [0.3, 0.4) is 0 Å². The second kappa shape index (κ2) is 8.10. The zero-order valence-electron chi connectivity index (χ0n) is 14.7. The Morgan fingerprint density at radius 1 is 1.11 bits per heavy atom. The number of nitrogens with zero attached hydrogens (tertiary/aromatic N) is 3. The molecule has 2 N–H and O–H groups in total. The number of nitrogens with one attached hydrogen (secondary N) is 1. The second-order valence-electron chi connectivity index (χ2n) is 6.30. The predicted octanol–water partition coefficient (Wildman–Crippen LogP) is 2.36. The van der Waals surface area contributed by atoms with Gasteiger partial charge in [-0.15, -0.1) is 0 Å². The van der Waals surface area contributed by atoms with E-state index in [0.29, 0.717) is 19.8 Å². The molecule has 27 heavy (non-hydrogen) atoms. The Morgan fingerprint density at radius 2 is 1.93 bits per heavy atom. The van der Waals surface area contributed by atoms with Crippen LogP contribution < -0.4 is 9.62 Å². The van der Waals surface area contributed by atoms with Crippen LogP contribution in [0, 0.1) is 0 Å². The second-order valence-corrected chi connectivity index (χ2v) is 7.09. The standard InChI is InChI=1S/C19H20N4O3S/c24-27(25)21-12-14-2-1-3-15(10-14)16-4-5-17-18(11-16)22-19(13-20-17)23-6-8-26-9-7-23/h1-5,10-11,13,21H,6-9,12H2,(H,24,25). The first kappa shape index (κ1) is 18.0. The van der Waals surface area contributed by atoms with E-state index >= 15 is 0 Å². The van der Waals surface area contributed by atoms with E-state index in [2.05, 4.69) is 14.6 Å². The van der Waals surface area contributed by atoms with Crippen molar-refractivity contribution in [3.8, 4) is 11.1 Å². The fourth-order valence-electron chi connectivity index (χ4n) is 3.13. The molecule has 0 aliphatic carbocycles. The minimum atomic E-state index is -2.02. The summed E-state index contributed by atoms with van der Waals surface area (Å²) in [4.78, 5) is 11.5. The van der Waals surface area contributed by atoms with Crippen LogP contribution in [-0.4, -0.2) is 45.0 Å². The summed E-state index contributed by atoms with van der Waals surface area (Å²) in [6.45, 7) is 3.38. The van der Waals surface area contributed by atoms with Crippen LogP contribution in [0.15, 0.2) is 48.7 Å². The lowest BCUT2D eigenvalue weighted by Crippen LogP contribution is -2.36. The first-order valence-corrected chi connectivity index (χ1v) is 9.83. The minimum Gasteiger partial charge on any atom is -0.378 e. The van der Waals surface area contributed by atoms with Gasteiger partial charge < -0.3 is 9.64 Å². The van der Waals surface area contributed by atoms with Crippen LogP contribution >= 0.6 is 0 Å². The highest BCUT2D eigenvalue weighted by atomic mass is 32.2. The molecular weight excluding hydrogens is 364 g/mol. The zero-order valence-corrected chi connectivity index (χ0v) is 15.5. The summed E-state index contributed by atoms with van der Waals surface area (Å²) in [6, 6.07) is 13.9. The van der Waals surface area contributed by atoms with Crippen molar-refractivity contribution in [2.45, 2.75) is 6.54 Å². The molecule has 0 saturated carbocycles. The summed E-state index contributed by atoms with van der Waals surface area (Å²) < 4.78 is 27.6. The Balaban J connectivity index is 1.64. The maximum absolute atomic E-state index is 10.8. The van der Waals surface area contributed by atoms with Gasteiger partial charge >= 0.3 is 0 Å². The summed E-state index contributed by atoms with van der Waals surface area (Å²) in [5.74, 6) is 0.867. The van der Waals surface area contributed by atoms with Crippen LogP contribution in [0.5, 0.6) is 0 Å². The van der Waals surface area contributed by atoms with Crippen LogP contribution in [0.4, 0.5) is 5.82 Å². The van der Waals surface area contributed by atoms with E-state index in [1.165, 1.54) is 0 Å². The lowest BCUT2D eigenvalue weighted by molar-refractivity contribution is 0.122. The van der Waals surface area contributed by atoms with E-state index in [0.717, 1.165) is 46.6 Å². The van der Waals surface area contributed by atoms with Gasteiger partial charge in [0.25, 0.3) is 0 Å². The smallest absolute Gasteiger partial charge is 0.232 e. The van der Waals surface area contributed by atoms with Crippen molar-refractivity contribution in [3.05, 3.63) is 54.2 Å². The van der Waals surface area contributed by atoms with Crippen molar-refractivity contribution >= 4 is 28.1 Å². The normalized spacial score (nSPS) is 15.8. The molecule has 1 saturated heterocycles. The van der Waals surface area contributed by atoms with Gasteiger partial charge in [0.05, 0.1) is 30.4 Å². The number of anilines is 1. The summed E-state index contributed by atoms with van der Waals surface area (Å²) in [6.07, 6.45) is 1.81. The largest absolute Gasteiger partial charge is 0.378 e. The predicted molar refractivity (Wildman–Crippen MR) is 106 cm³/mol. The maximum atomic E-state index is 10.8. The van der Waals surface area contributed by atoms with E-state index in [-0.39, 0.29) is 0 Å². The van der Waals surface area contributed by atoms with Gasteiger partial charge in [0, 0.05) is 19.6 Å². The summed E-state index contributed by atoms with van der Waals surface area (Å²) >= 11 is -2.02. The highest BCUT2D eigenvalue weighted by Crippen LogP contribution is 2.25. The molecule has 1 atom stereocenters. The van der Waals surface area contributed by atoms with E-state index in [1.807, 2.05) is 48.7 Å². The first-order valence-electron chi connectivity index (χ1n) is 8.72. The van der Waals surface area contributed by atoms with Gasteiger partial charge in [0.2, 0.25) is 11.3 Å². The summed E-state index contributed by atoms with van der Waals surface area (Å²) in [5.41, 5.74) is 4.69. The van der Waals surface area contributed by atoms with Crippen LogP contribution in [0.2, 0.25) is 0 Å². The van der Waals surface area contributed by atoms with Gasteiger partial charge in [-0.2, -0.15) is 0 Å². The van der Waals surface area contributed by atoms with Gasteiger partial charge in [-0.25, -0.2) is 13.9 Å². The molecular formula is C19H20N4O3S. The Morgan fingerprint density at radius 3 is 2.74 bits per heavy atom.